The molecule has 0 saturated heterocycles. The Kier molecular flexibility index (Phi) is 10.1. The maximum atomic E-state index is 12.4. The van der Waals surface area contributed by atoms with Gasteiger partial charge in [0.05, 0.1) is 19.3 Å². The number of fused-ring (bicyclic) bond motifs is 2. The van der Waals surface area contributed by atoms with Crippen LogP contribution in [0.1, 0.15) is 44.3 Å². The molecular weight excluding hydrogens is 568 g/mol. The van der Waals surface area contributed by atoms with Gasteiger partial charge in [-0.1, -0.05) is 44.0 Å². The molecular formula is C25H30Br2N2O5. The predicted octanol–water partition coefficient (Wildman–Crippen LogP) is 4.68. The van der Waals surface area contributed by atoms with Crippen LogP contribution in [0, 0.1) is 0 Å². The van der Waals surface area contributed by atoms with Gasteiger partial charge in [-0.15, -0.1) is 0 Å². The van der Waals surface area contributed by atoms with Crippen LogP contribution >= 0.6 is 31.9 Å². The lowest BCUT2D eigenvalue weighted by atomic mass is 10.0. The zero-order valence-corrected chi connectivity index (χ0v) is 22.9. The Morgan fingerprint density at radius 2 is 1.44 bits per heavy atom. The van der Waals surface area contributed by atoms with Crippen molar-refractivity contribution in [1.82, 2.24) is 9.80 Å². The molecule has 2 aliphatic rings. The Morgan fingerprint density at radius 1 is 0.824 bits per heavy atom. The number of benzene rings is 2. The molecule has 0 bridgehead atoms. The number of hydrogen-bond donors (Lipinski definition) is 0. The van der Waals surface area contributed by atoms with Gasteiger partial charge in [0, 0.05) is 67.6 Å². The molecule has 184 valence electrons. The molecule has 0 N–H and O–H groups in total. The minimum absolute atomic E-state index is 0.0782. The molecule has 0 radical (unpaired) electrons. The summed E-state index contributed by atoms with van der Waals surface area (Å²) in [6.45, 7) is 3.73. The van der Waals surface area contributed by atoms with Gasteiger partial charge in [-0.2, -0.15) is 0 Å². The van der Waals surface area contributed by atoms with E-state index in [1.165, 1.54) is 0 Å². The van der Waals surface area contributed by atoms with Crippen molar-refractivity contribution >= 4 is 43.7 Å². The standard InChI is InChI=1S/C14H18BrNO3.C11H12BrNO2/c1-18-7-5-13-11-4-3-10(15)9-12(11)14(17)16(13)6-8-19-2;1-15-5-4-13-7-8-2-3-9(12)6-10(8)11(13)14/h3-4,9,13H,5-8H2,1-2H3;2-3,6H,4-5,7H2,1H3. The molecule has 0 spiro atoms. The van der Waals surface area contributed by atoms with Crippen molar-refractivity contribution in [2.24, 2.45) is 0 Å². The van der Waals surface area contributed by atoms with Gasteiger partial charge in [0.2, 0.25) is 0 Å². The Balaban J connectivity index is 0.000000196. The number of methoxy groups -OCH3 is 3. The van der Waals surface area contributed by atoms with Crippen LogP contribution in [0.2, 0.25) is 0 Å². The van der Waals surface area contributed by atoms with Crippen molar-refractivity contribution < 1.29 is 23.8 Å². The molecule has 4 rings (SSSR count). The average molecular weight is 598 g/mol. The molecule has 2 aliphatic heterocycles. The minimum atomic E-state index is 0.0782. The van der Waals surface area contributed by atoms with Gasteiger partial charge in [-0.05, 0) is 41.8 Å². The van der Waals surface area contributed by atoms with Gasteiger partial charge in [-0.25, -0.2) is 0 Å². The van der Waals surface area contributed by atoms with E-state index < -0.39 is 0 Å². The molecule has 1 atom stereocenters. The topological polar surface area (TPSA) is 68.3 Å². The predicted molar refractivity (Wildman–Crippen MR) is 137 cm³/mol. The highest BCUT2D eigenvalue weighted by Gasteiger charge is 2.36. The summed E-state index contributed by atoms with van der Waals surface area (Å²) >= 11 is 6.79. The third-order valence-corrected chi connectivity index (χ3v) is 6.88. The average Bonchev–Trinajstić information content (AvgIpc) is 3.28. The number of carbonyl (C=O) groups is 2. The molecule has 7 nitrogen and oxygen atoms in total. The number of nitrogens with zero attached hydrogens (tertiary/aromatic N) is 2. The second-order valence-electron chi connectivity index (χ2n) is 8.04. The zero-order chi connectivity index (χ0) is 24.7. The van der Waals surface area contributed by atoms with Gasteiger partial charge in [0.1, 0.15) is 0 Å². The summed E-state index contributed by atoms with van der Waals surface area (Å²) in [7, 11) is 4.97. The smallest absolute Gasteiger partial charge is 0.254 e. The number of halogens is 2. The molecule has 0 saturated carbocycles. The highest BCUT2D eigenvalue weighted by Crippen LogP contribution is 2.37. The summed E-state index contributed by atoms with van der Waals surface area (Å²) in [5.74, 6) is 0.179. The van der Waals surface area contributed by atoms with E-state index in [0.717, 1.165) is 37.6 Å². The van der Waals surface area contributed by atoms with Gasteiger partial charge < -0.3 is 24.0 Å². The molecule has 0 fully saturated rings. The highest BCUT2D eigenvalue weighted by molar-refractivity contribution is 9.10. The molecule has 2 aromatic carbocycles. The summed E-state index contributed by atoms with van der Waals surface area (Å²) in [6, 6.07) is 11.8. The zero-order valence-electron chi connectivity index (χ0n) is 19.7. The number of rotatable bonds is 9. The van der Waals surface area contributed by atoms with Crippen LogP contribution < -0.4 is 0 Å². The lowest BCUT2D eigenvalue weighted by molar-refractivity contribution is 0.0607. The Labute approximate surface area is 217 Å². The van der Waals surface area contributed by atoms with Crippen molar-refractivity contribution in [3.8, 4) is 0 Å². The lowest BCUT2D eigenvalue weighted by Crippen LogP contribution is -2.31. The van der Waals surface area contributed by atoms with E-state index in [2.05, 4.69) is 31.9 Å². The summed E-state index contributed by atoms with van der Waals surface area (Å²) in [6.07, 6.45) is 0.806. The van der Waals surface area contributed by atoms with E-state index in [0.29, 0.717) is 39.5 Å². The van der Waals surface area contributed by atoms with Crippen molar-refractivity contribution in [2.45, 2.75) is 19.0 Å². The monoisotopic (exact) mass is 596 g/mol. The first-order chi connectivity index (χ1) is 16.4. The van der Waals surface area contributed by atoms with Crippen molar-refractivity contribution in [2.75, 3.05) is 54.2 Å². The van der Waals surface area contributed by atoms with Gasteiger partial charge in [-0.3, -0.25) is 9.59 Å². The van der Waals surface area contributed by atoms with Crippen LogP contribution in [-0.4, -0.2) is 75.9 Å². The van der Waals surface area contributed by atoms with Crippen molar-refractivity contribution in [3.63, 3.8) is 0 Å². The van der Waals surface area contributed by atoms with Crippen LogP contribution in [0.4, 0.5) is 0 Å². The SMILES string of the molecule is COCCC1c2ccc(Br)cc2C(=O)N1CCOC.COCCN1Cc2ccc(Br)cc2C1=O. The number of hydrogen-bond acceptors (Lipinski definition) is 5. The summed E-state index contributed by atoms with van der Waals surface area (Å²) in [4.78, 5) is 28.0. The Bertz CT molecular complexity index is 1020. The van der Waals surface area contributed by atoms with Crippen LogP contribution in [-0.2, 0) is 20.8 Å². The van der Waals surface area contributed by atoms with E-state index >= 15 is 0 Å². The molecule has 0 aliphatic carbocycles. The number of ether oxygens (including phenoxy) is 3. The summed E-state index contributed by atoms with van der Waals surface area (Å²) < 4.78 is 17.1. The summed E-state index contributed by atoms with van der Waals surface area (Å²) in [5, 5.41) is 0. The normalized spacial score (nSPS) is 16.4. The number of carbonyl (C=O) groups excluding carboxylic acids is 2. The van der Waals surface area contributed by atoms with E-state index in [4.69, 9.17) is 14.2 Å². The van der Waals surface area contributed by atoms with E-state index in [1.54, 1.807) is 26.2 Å². The maximum absolute atomic E-state index is 12.4. The van der Waals surface area contributed by atoms with Crippen LogP contribution in [0.15, 0.2) is 45.3 Å². The fourth-order valence-corrected chi connectivity index (χ4v) is 4.89. The number of amides is 2. The van der Waals surface area contributed by atoms with Gasteiger partial charge in [0.15, 0.2) is 0 Å². The van der Waals surface area contributed by atoms with Crippen molar-refractivity contribution in [1.29, 1.82) is 0 Å². The maximum Gasteiger partial charge on any atom is 0.254 e. The molecule has 34 heavy (non-hydrogen) atoms. The molecule has 2 heterocycles. The Morgan fingerprint density at radius 3 is 2.12 bits per heavy atom. The van der Waals surface area contributed by atoms with Crippen LogP contribution in [0.25, 0.3) is 0 Å². The highest BCUT2D eigenvalue weighted by atomic mass is 79.9. The Hall–Kier alpha value is -1.78. The molecule has 2 amide bonds. The molecule has 1 unspecified atom stereocenters. The van der Waals surface area contributed by atoms with Gasteiger partial charge in [0.25, 0.3) is 11.8 Å². The quantitative estimate of drug-likeness (QED) is 0.420. The minimum Gasteiger partial charge on any atom is -0.385 e. The third-order valence-electron chi connectivity index (χ3n) is 5.89. The first-order valence-corrected chi connectivity index (χ1v) is 12.6. The van der Waals surface area contributed by atoms with Gasteiger partial charge >= 0.3 is 0 Å². The first kappa shape index (κ1) is 26.8. The summed E-state index contributed by atoms with van der Waals surface area (Å²) in [5.41, 5.74) is 3.77. The van der Waals surface area contributed by atoms with E-state index in [-0.39, 0.29) is 17.9 Å². The van der Waals surface area contributed by atoms with E-state index in [1.807, 2.05) is 41.3 Å². The molecule has 9 heteroatoms. The van der Waals surface area contributed by atoms with Crippen LogP contribution in [0.5, 0.6) is 0 Å². The first-order valence-electron chi connectivity index (χ1n) is 11.1. The fraction of sp³-hybridized carbons (Fsp3) is 0.440. The molecule has 0 aromatic heterocycles. The van der Waals surface area contributed by atoms with Crippen LogP contribution in [0.3, 0.4) is 0 Å². The molecule has 2 aromatic rings. The fourth-order valence-electron chi connectivity index (χ4n) is 4.17. The largest absolute Gasteiger partial charge is 0.385 e. The lowest BCUT2D eigenvalue weighted by Gasteiger charge is -2.24. The second-order valence-corrected chi connectivity index (χ2v) is 9.87. The second kappa shape index (κ2) is 12.8. The van der Waals surface area contributed by atoms with E-state index in [9.17, 15) is 9.59 Å². The third kappa shape index (κ3) is 6.26. The van der Waals surface area contributed by atoms with Crippen molar-refractivity contribution in [3.05, 3.63) is 67.6 Å².